The number of hydrogen-bond donors (Lipinski definition) is 3. The second-order valence-corrected chi connectivity index (χ2v) is 8.20. The van der Waals surface area contributed by atoms with Gasteiger partial charge in [0.05, 0.1) is 18.0 Å². The lowest BCUT2D eigenvalue weighted by Gasteiger charge is -2.39. The van der Waals surface area contributed by atoms with Crippen molar-refractivity contribution in [2.75, 3.05) is 26.7 Å². The van der Waals surface area contributed by atoms with E-state index in [9.17, 15) is 19.1 Å². The molecule has 164 valence electrons. The Kier molecular flexibility index (Phi) is 5.03. The maximum absolute atomic E-state index is 13.9. The van der Waals surface area contributed by atoms with Crippen molar-refractivity contribution in [3.8, 4) is 0 Å². The fourth-order valence-corrected chi connectivity index (χ4v) is 4.65. The third-order valence-corrected chi connectivity index (χ3v) is 6.22. The number of rotatable bonds is 4. The first-order valence-corrected chi connectivity index (χ1v) is 10.5. The lowest BCUT2D eigenvalue weighted by molar-refractivity contribution is 0.0636. The van der Waals surface area contributed by atoms with Gasteiger partial charge in [-0.1, -0.05) is 24.3 Å². The highest BCUT2D eigenvalue weighted by molar-refractivity contribution is 5.98. The lowest BCUT2D eigenvalue weighted by Crippen LogP contribution is -2.44. The number of H-pyrrole nitrogens is 2. The molecule has 0 spiro atoms. The van der Waals surface area contributed by atoms with Crippen LogP contribution in [0.3, 0.4) is 0 Å². The summed E-state index contributed by atoms with van der Waals surface area (Å²) in [6.07, 6.45) is 0. The van der Waals surface area contributed by atoms with E-state index in [-0.39, 0.29) is 23.5 Å². The zero-order valence-electron chi connectivity index (χ0n) is 17.6. The van der Waals surface area contributed by atoms with Crippen molar-refractivity contribution in [2.24, 2.45) is 0 Å². The number of halogens is 1. The number of hydrogen-bond acceptors (Lipinski definition) is 4. The minimum Gasteiger partial charge on any atom is -0.395 e. The monoisotopic (exact) mass is 434 g/mol. The summed E-state index contributed by atoms with van der Waals surface area (Å²) in [5.41, 5.74) is 2.46. The minimum atomic E-state index is -0.486. The molecular weight excluding hydrogens is 411 g/mol. The van der Waals surface area contributed by atoms with Crippen molar-refractivity contribution in [3.63, 3.8) is 0 Å². The number of aliphatic hydroxyl groups is 1. The molecule has 0 aliphatic carbocycles. The van der Waals surface area contributed by atoms with E-state index in [1.807, 2.05) is 35.2 Å². The Morgan fingerprint density at radius 3 is 2.78 bits per heavy atom. The Labute approximate surface area is 183 Å². The number of β-amino-alcohol motifs (C(OH)–C–C–N with tert-alkyl or cyclic N) is 1. The van der Waals surface area contributed by atoms with Crippen LogP contribution < -0.4 is 5.56 Å². The molecule has 0 saturated heterocycles. The van der Waals surface area contributed by atoms with Gasteiger partial charge in [-0.25, -0.2) is 4.39 Å². The predicted octanol–water partition coefficient (Wildman–Crippen LogP) is 2.77. The number of para-hydroxylation sites is 1. The highest BCUT2D eigenvalue weighted by atomic mass is 19.1. The van der Waals surface area contributed by atoms with E-state index in [0.29, 0.717) is 36.4 Å². The second kappa shape index (κ2) is 7.89. The number of aromatic nitrogens is 2. The van der Waals surface area contributed by atoms with E-state index in [4.69, 9.17) is 0 Å². The SMILES string of the molecule is CN(C(=O)c1cc2ccccc2[nH]1)[C@@H]1CN(CCO)Cc2[nH]c(=O)c3cc(F)ccc3c21. The van der Waals surface area contributed by atoms with Crippen molar-refractivity contribution in [1.82, 2.24) is 19.8 Å². The summed E-state index contributed by atoms with van der Waals surface area (Å²) < 4.78 is 13.9. The molecule has 1 amide bonds. The molecule has 2 aromatic heterocycles. The molecule has 8 heteroatoms. The first-order valence-electron chi connectivity index (χ1n) is 10.5. The van der Waals surface area contributed by atoms with E-state index >= 15 is 0 Å². The van der Waals surface area contributed by atoms with Crippen LogP contribution in [0, 0.1) is 5.82 Å². The first kappa shape index (κ1) is 20.4. The number of likely N-dealkylation sites (N-methyl/N-ethyl adjacent to an activating group) is 1. The van der Waals surface area contributed by atoms with E-state index in [1.165, 1.54) is 12.1 Å². The fourth-order valence-electron chi connectivity index (χ4n) is 4.65. The summed E-state index contributed by atoms with van der Waals surface area (Å²) in [6, 6.07) is 13.3. The molecule has 1 aliphatic rings. The van der Waals surface area contributed by atoms with Crippen LogP contribution in [0.1, 0.15) is 27.8 Å². The molecule has 0 radical (unpaired) electrons. The predicted molar refractivity (Wildman–Crippen MR) is 120 cm³/mol. The third kappa shape index (κ3) is 3.37. The fraction of sp³-hybridized carbons (Fsp3) is 0.250. The molecule has 5 rings (SSSR count). The van der Waals surface area contributed by atoms with Crippen LogP contribution >= 0.6 is 0 Å². The average molecular weight is 434 g/mol. The summed E-state index contributed by atoms with van der Waals surface area (Å²) in [6.45, 7) is 1.29. The van der Waals surface area contributed by atoms with Crippen LogP contribution in [-0.4, -0.2) is 57.5 Å². The summed E-state index contributed by atoms with van der Waals surface area (Å²) in [4.78, 5) is 35.8. The molecule has 1 aliphatic heterocycles. The maximum Gasteiger partial charge on any atom is 0.270 e. The van der Waals surface area contributed by atoms with E-state index in [2.05, 4.69) is 9.97 Å². The van der Waals surface area contributed by atoms with Gasteiger partial charge in [-0.15, -0.1) is 0 Å². The van der Waals surface area contributed by atoms with Crippen LogP contribution in [0.5, 0.6) is 0 Å². The largest absolute Gasteiger partial charge is 0.395 e. The zero-order chi connectivity index (χ0) is 22.4. The number of fused-ring (bicyclic) bond motifs is 4. The van der Waals surface area contributed by atoms with Gasteiger partial charge in [0.15, 0.2) is 0 Å². The molecule has 7 nitrogen and oxygen atoms in total. The zero-order valence-corrected chi connectivity index (χ0v) is 17.6. The second-order valence-electron chi connectivity index (χ2n) is 8.20. The number of aliphatic hydroxyl groups excluding tert-OH is 1. The van der Waals surface area contributed by atoms with E-state index in [1.54, 1.807) is 18.0 Å². The highest BCUT2D eigenvalue weighted by Crippen LogP contribution is 2.34. The quantitative estimate of drug-likeness (QED) is 0.461. The smallest absolute Gasteiger partial charge is 0.270 e. The number of carbonyl (C=O) groups excluding carboxylic acids is 1. The number of nitrogens with one attached hydrogen (secondary N) is 2. The molecule has 0 saturated carbocycles. The van der Waals surface area contributed by atoms with Gasteiger partial charge in [-0.3, -0.25) is 14.5 Å². The van der Waals surface area contributed by atoms with E-state index < -0.39 is 11.9 Å². The molecule has 0 fully saturated rings. The van der Waals surface area contributed by atoms with Gasteiger partial charge in [-0.05, 0) is 29.7 Å². The summed E-state index contributed by atoms with van der Waals surface area (Å²) >= 11 is 0. The molecule has 3 heterocycles. The normalized spacial score (nSPS) is 16.4. The number of carbonyl (C=O) groups is 1. The number of amides is 1. The number of benzene rings is 2. The standard InChI is InChI=1S/C24H23FN4O3/c1-28(24(32)19-10-14-4-2-3-5-18(14)26-19)21-13-29(8-9-30)12-20-22(21)16-7-6-15(25)11-17(16)23(31)27-20/h2-7,10-11,21,26,30H,8-9,12-13H2,1H3,(H,27,31)/t21-/m1/s1. The molecule has 1 atom stereocenters. The minimum absolute atomic E-state index is 0.0369. The van der Waals surface area contributed by atoms with Crippen molar-refractivity contribution < 1.29 is 14.3 Å². The van der Waals surface area contributed by atoms with Gasteiger partial charge in [-0.2, -0.15) is 0 Å². The Balaban J connectivity index is 1.62. The van der Waals surface area contributed by atoms with Gasteiger partial charge in [0.25, 0.3) is 11.5 Å². The Hall–Kier alpha value is -3.49. The van der Waals surface area contributed by atoms with Crippen molar-refractivity contribution in [1.29, 1.82) is 0 Å². The molecule has 2 aromatic carbocycles. The molecular formula is C24H23FN4O3. The number of aromatic amines is 2. The van der Waals surface area contributed by atoms with Crippen LogP contribution in [0.4, 0.5) is 4.39 Å². The van der Waals surface area contributed by atoms with E-state index in [0.717, 1.165) is 16.5 Å². The van der Waals surface area contributed by atoms with Gasteiger partial charge in [0, 0.05) is 48.8 Å². The van der Waals surface area contributed by atoms with Crippen molar-refractivity contribution in [2.45, 2.75) is 12.6 Å². The van der Waals surface area contributed by atoms with Crippen molar-refractivity contribution >= 4 is 27.6 Å². The van der Waals surface area contributed by atoms with Crippen LogP contribution in [0.2, 0.25) is 0 Å². The van der Waals surface area contributed by atoms with Crippen molar-refractivity contribution in [3.05, 3.63) is 81.7 Å². The maximum atomic E-state index is 13.9. The molecule has 4 aromatic rings. The van der Waals surface area contributed by atoms with Gasteiger partial charge >= 0.3 is 0 Å². The van der Waals surface area contributed by atoms with Crippen LogP contribution in [0.25, 0.3) is 21.7 Å². The Bertz CT molecular complexity index is 1360. The van der Waals surface area contributed by atoms with Crippen LogP contribution in [-0.2, 0) is 6.54 Å². The molecule has 0 bridgehead atoms. The topological polar surface area (TPSA) is 92.4 Å². The van der Waals surface area contributed by atoms with Gasteiger partial charge in [0.1, 0.15) is 11.5 Å². The van der Waals surface area contributed by atoms with Crippen LogP contribution in [0.15, 0.2) is 53.3 Å². The summed E-state index contributed by atoms with van der Waals surface area (Å²) in [5, 5.41) is 11.3. The van der Waals surface area contributed by atoms with Gasteiger partial charge in [0.2, 0.25) is 0 Å². The molecule has 3 N–H and O–H groups in total. The lowest BCUT2D eigenvalue weighted by atomic mass is 9.92. The third-order valence-electron chi connectivity index (χ3n) is 6.22. The number of nitrogens with zero attached hydrogens (tertiary/aromatic N) is 2. The average Bonchev–Trinajstić information content (AvgIpc) is 3.22. The summed E-state index contributed by atoms with van der Waals surface area (Å²) in [5.74, 6) is -0.677. The highest BCUT2D eigenvalue weighted by Gasteiger charge is 2.33. The number of pyridine rings is 1. The van der Waals surface area contributed by atoms with Gasteiger partial charge < -0.3 is 20.0 Å². The molecule has 32 heavy (non-hydrogen) atoms. The summed E-state index contributed by atoms with van der Waals surface area (Å²) in [7, 11) is 1.73. The Morgan fingerprint density at radius 2 is 2.00 bits per heavy atom. The Morgan fingerprint density at radius 1 is 1.19 bits per heavy atom. The first-order chi connectivity index (χ1) is 15.5. The molecule has 0 unspecified atom stereocenters.